The van der Waals surface area contributed by atoms with Crippen molar-refractivity contribution in [2.24, 2.45) is 0 Å². The van der Waals surface area contributed by atoms with Gasteiger partial charge < -0.3 is 9.64 Å². The highest BCUT2D eigenvalue weighted by Gasteiger charge is 2.09. The van der Waals surface area contributed by atoms with Gasteiger partial charge in [0.1, 0.15) is 5.75 Å². The van der Waals surface area contributed by atoms with Gasteiger partial charge in [-0.3, -0.25) is 4.79 Å². The number of halogens is 1. The number of ether oxygens (including phenoxy) is 1. The van der Waals surface area contributed by atoms with Crippen LogP contribution in [0.1, 0.15) is 24.0 Å². The van der Waals surface area contributed by atoms with Crippen LogP contribution in [0.3, 0.4) is 0 Å². The van der Waals surface area contributed by atoms with Crippen molar-refractivity contribution >= 4 is 17.5 Å². The van der Waals surface area contributed by atoms with Crippen LogP contribution in [-0.4, -0.2) is 24.5 Å². The van der Waals surface area contributed by atoms with Crippen LogP contribution in [0.4, 0.5) is 0 Å². The maximum atomic E-state index is 12.1. The molecule has 0 bridgehead atoms. The third-order valence-electron chi connectivity index (χ3n) is 3.58. The number of rotatable bonds is 7. The first-order valence-electron chi connectivity index (χ1n) is 7.72. The highest BCUT2D eigenvalue weighted by molar-refractivity contribution is 6.30. The van der Waals surface area contributed by atoms with Gasteiger partial charge in [-0.15, -0.1) is 0 Å². The fraction of sp³-hybridized carbons (Fsp3) is 0.316. The lowest BCUT2D eigenvalue weighted by Crippen LogP contribution is -2.26. The zero-order valence-corrected chi connectivity index (χ0v) is 14.3. The number of carbonyl (C=O) groups is 1. The molecule has 0 unspecified atom stereocenters. The summed E-state index contributed by atoms with van der Waals surface area (Å²) in [6.07, 6.45) is 1.18. The normalized spacial score (nSPS) is 10.4. The maximum absolute atomic E-state index is 12.1. The topological polar surface area (TPSA) is 29.5 Å². The fourth-order valence-electron chi connectivity index (χ4n) is 2.19. The van der Waals surface area contributed by atoms with E-state index < -0.39 is 0 Å². The zero-order valence-electron chi connectivity index (χ0n) is 13.6. The van der Waals surface area contributed by atoms with Crippen molar-refractivity contribution in [2.75, 3.05) is 13.7 Å². The number of hydrogen-bond acceptors (Lipinski definition) is 2. The Balaban J connectivity index is 1.69. The van der Waals surface area contributed by atoms with Crippen molar-refractivity contribution in [3.8, 4) is 5.75 Å². The minimum Gasteiger partial charge on any atom is -0.494 e. The third-order valence-corrected chi connectivity index (χ3v) is 3.84. The Morgan fingerprint density at radius 3 is 2.39 bits per heavy atom. The lowest BCUT2D eigenvalue weighted by atomic mass is 10.1. The van der Waals surface area contributed by atoms with Crippen LogP contribution in [0.15, 0.2) is 48.5 Å². The summed E-state index contributed by atoms with van der Waals surface area (Å²) < 4.78 is 5.59. The van der Waals surface area contributed by atoms with Crippen molar-refractivity contribution in [1.82, 2.24) is 4.90 Å². The molecule has 0 spiro atoms. The number of carbonyl (C=O) groups excluding carboxylic acids is 1. The first-order valence-corrected chi connectivity index (χ1v) is 8.10. The van der Waals surface area contributed by atoms with Crippen LogP contribution in [-0.2, 0) is 11.3 Å². The quantitative estimate of drug-likeness (QED) is 0.701. The van der Waals surface area contributed by atoms with Gasteiger partial charge in [-0.25, -0.2) is 0 Å². The second kappa shape index (κ2) is 8.59. The SMILES string of the molecule is Cc1ccc(CN(C)C(=O)CCCOc2ccc(Cl)cc2)cc1. The fourth-order valence-corrected chi connectivity index (χ4v) is 2.32. The van der Waals surface area contributed by atoms with E-state index in [1.54, 1.807) is 17.0 Å². The molecule has 4 heteroatoms. The molecule has 122 valence electrons. The lowest BCUT2D eigenvalue weighted by Gasteiger charge is -2.17. The molecule has 0 aliphatic carbocycles. The van der Waals surface area contributed by atoms with Gasteiger partial charge in [0.15, 0.2) is 0 Å². The summed E-state index contributed by atoms with van der Waals surface area (Å²) >= 11 is 5.82. The van der Waals surface area contributed by atoms with Gasteiger partial charge in [0.25, 0.3) is 0 Å². The van der Waals surface area contributed by atoms with E-state index in [-0.39, 0.29) is 5.91 Å². The molecule has 0 saturated heterocycles. The number of hydrogen-bond donors (Lipinski definition) is 0. The Hall–Kier alpha value is -2.00. The molecule has 0 aromatic heterocycles. The monoisotopic (exact) mass is 331 g/mol. The summed E-state index contributed by atoms with van der Waals surface area (Å²) in [5, 5.41) is 0.685. The smallest absolute Gasteiger partial charge is 0.222 e. The van der Waals surface area contributed by atoms with Crippen LogP contribution < -0.4 is 4.74 Å². The number of nitrogens with zero attached hydrogens (tertiary/aromatic N) is 1. The van der Waals surface area contributed by atoms with Gasteiger partial charge in [-0.2, -0.15) is 0 Å². The van der Waals surface area contributed by atoms with Crippen LogP contribution in [0.2, 0.25) is 5.02 Å². The van der Waals surface area contributed by atoms with Gasteiger partial charge in [-0.1, -0.05) is 41.4 Å². The Bertz CT molecular complexity index is 623. The molecule has 3 nitrogen and oxygen atoms in total. The van der Waals surface area contributed by atoms with E-state index in [1.165, 1.54) is 5.56 Å². The first kappa shape index (κ1) is 17.4. The largest absolute Gasteiger partial charge is 0.494 e. The first-order chi connectivity index (χ1) is 11.0. The van der Waals surface area contributed by atoms with Crippen molar-refractivity contribution in [1.29, 1.82) is 0 Å². The molecule has 2 rings (SSSR count). The van der Waals surface area contributed by atoms with Crippen molar-refractivity contribution in [3.63, 3.8) is 0 Å². The minimum atomic E-state index is 0.130. The highest BCUT2D eigenvalue weighted by Crippen LogP contribution is 2.16. The molecular weight excluding hydrogens is 310 g/mol. The van der Waals surface area contributed by atoms with E-state index in [4.69, 9.17) is 16.3 Å². The standard InChI is InChI=1S/C19H22ClNO2/c1-15-5-7-16(8-6-15)14-21(2)19(22)4-3-13-23-18-11-9-17(20)10-12-18/h5-12H,3-4,13-14H2,1-2H3. The van der Waals surface area contributed by atoms with Gasteiger partial charge in [0, 0.05) is 25.0 Å². The average molecular weight is 332 g/mol. The lowest BCUT2D eigenvalue weighted by molar-refractivity contribution is -0.130. The molecule has 0 aliphatic heterocycles. The van der Waals surface area contributed by atoms with Crippen molar-refractivity contribution in [3.05, 3.63) is 64.7 Å². The van der Waals surface area contributed by atoms with Gasteiger partial charge in [0.2, 0.25) is 5.91 Å². The molecular formula is C19H22ClNO2. The molecule has 0 heterocycles. The van der Waals surface area contributed by atoms with E-state index in [9.17, 15) is 4.79 Å². The molecule has 0 radical (unpaired) electrons. The second-order valence-corrected chi connectivity index (χ2v) is 6.08. The maximum Gasteiger partial charge on any atom is 0.222 e. The molecule has 0 saturated carbocycles. The molecule has 0 aliphatic rings. The Morgan fingerprint density at radius 2 is 1.74 bits per heavy atom. The van der Waals surface area contributed by atoms with E-state index in [1.807, 2.05) is 19.2 Å². The van der Waals surface area contributed by atoms with Gasteiger partial charge in [-0.05, 0) is 43.2 Å². The minimum absolute atomic E-state index is 0.130. The van der Waals surface area contributed by atoms with Crippen LogP contribution in [0.25, 0.3) is 0 Å². The molecule has 1 amide bonds. The van der Waals surface area contributed by atoms with Gasteiger partial charge >= 0.3 is 0 Å². The highest BCUT2D eigenvalue weighted by atomic mass is 35.5. The van der Waals surface area contributed by atoms with Gasteiger partial charge in [0.05, 0.1) is 6.61 Å². The number of amides is 1. The molecule has 0 fully saturated rings. The molecule has 23 heavy (non-hydrogen) atoms. The Kier molecular flexibility index (Phi) is 6.48. The van der Waals surface area contributed by atoms with Crippen LogP contribution in [0.5, 0.6) is 5.75 Å². The van der Waals surface area contributed by atoms with E-state index >= 15 is 0 Å². The summed E-state index contributed by atoms with van der Waals surface area (Å²) in [5.41, 5.74) is 2.37. The molecule has 2 aromatic carbocycles. The van der Waals surface area contributed by atoms with Crippen molar-refractivity contribution < 1.29 is 9.53 Å². The van der Waals surface area contributed by atoms with E-state index in [2.05, 4.69) is 31.2 Å². The average Bonchev–Trinajstić information content (AvgIpc) is 2.55. The zero-order chi connectivity index (χ0) is 16.7. The molecule has 0 atom stereocenters. The van der Waals surface area contributed by atoms with E-state index in [0.717, 1.165) is 11.3 Å². The Labute approximate surface area is 142 Å². The summed E-state index contributed by atoms with van der Waals surface area (Å²) in [4.78, 5) is 13.9. The number of aryl methyl sites for hydroxylation is 1. The van der Waals surface area contributed by atoms with Crippen LogP contribution in [0, 0.1) is 6.92 Å². The second-order valence-electron chi connectivity index (χ2n) is 5.64. The summed E-state index contributed by atoms with van der Waals surface area (Å²) in [7, 11) is 1.84. The Morgan fingerprint density at radius 1 is 1.09 bits per heavy atom. The van der Waals surface area contributed by atoms with E-state index in [0.29, 0.717) is 31.0 Å². The molecule has 0 N–H and O–H groups in total. The summed E-state index contributed by atoms with van der Waals surface area (Å²) in [6, 6.07) is 15.5. The third kappa shape index (κ3) is 5.95. The summed E-state index contributed by atoms with van der Waals surface area (Å²) in [6.45, 7) is 3.21. The van der Waals surface area contributed by atoms with Crippen LogP contribution >= 0.6 is 11.6 Å². The number of benzene rings is 2. The summed E-state index contributed by atoms with van der Waals surface area (Å²) in [5.74, 6) is 0.903. The molecule has 2 aromatic rings. The van der Waals surface area contributed by atoms with Crippen molar-refractivity contribution in [2.45, 2.75) is 26.3 Å². The predicted octanol–water partition coefficient (Wildman–Crippen LogP) is 4.47. The predicted molar refractivity (Wildman–Crippen MR) is 93.8 cm³/mol.